The van der Waals surface area contributed by atoms with Crippen molar-refractivity contribution in [1.29, 1.82) is 0 Å². The largest absolute Gasteiger partial charge is 0.507 e. The quantitative estimate of drug-likeness (QED) is 0.115. The third-order valence-corrected chi connectivity index (χ3v) is 7.77. The van der Waals surface area contributed by atoms with E-state index in [4.69, 9.17) is 9.47 Å². The van der Waals surface area contributed by atoms with Gasteiger partial charge >= 0.3 is 0 Å². The maximum atomic E-state index is 13.4. The Morgan fingerprint density at radius 3 is 2.07 bits per heavy atom. The van der Waals surface area contributed by atoms with Crippen LogP contribution in [0, 0.1) is 6.92 Å². The van der Waals surface area contributed by atoms with Crippen LogP contribution in [0.25, 0.3) is 5.76 Å². The lowest BCUT2D eigenvalue weighted by molar-refractivity contribution is -0.139. The molecule has 1 heterocycles. The molecule has 0 saturated carbocycles. The second-order valence-electron chi connectivity index (χ2n) is 11.2. The fourth-order valence-corrected chi connectivity index (χ4v) is 5.30. The number of hydrogen-bond acceptors (Lipinski definition) is 6. The molecule has 0 aliphatic carbocycles. The first-order valence-corrected chi connectivity index (χ1v) is 14.8. The van der Waals surface area contributed by atoms with Gasteiger partial charge in [0.25, 0.3) is 11.7 Å². The number of ether oxygens (including phenoxy) is 2. The van der Waals surface area contributed by atoms with Crippen LogP contribution < -0.4 is 9.47 Å². The number of carbonyl (C=O) groups is 2. The number of amides is 1. The first-order chi connectivity index (χ1) is 21.3. The molecule has 1 unspecified atom stereocenters. The average molecular weight is 591 g/mol. The number of aliphatic hydroxyl groups is 1. The molecule has 0 aromatic heterocycles. The van der Waals surface area contributed by atoms with Gasteiger partial charge in [-0.15, -0.1) is 0 Å². The van der Waals surface area contributed by atoms with Crippen molar-refractivity contribution in [2.24, 2.45) is 0 Å². The van der Waals surface area contributed by atoms with Crippen LogP contribution in [0.5, 0.6) is 11.5 Å². The highest BCUT2D eigenvalue weighted by molar-refractivity contribution is 6.46. The molecule has 1 fully saturated rings. The van der Waals surface area contributed by atoms with Gasteiger partial charge in [0.1, 0.15) is 30.5 Å². The fourth-order valence-electron chi connectivity index (χ4n) is 5.30. The van der Waals surface area contributed by atoms with Crippen molar-refractivity contribution in [2.75, 3.05) is 27.2 Å². The molecule has 0 spiro atoms. The zero-order valence-corrected chi connectivity index (χ0v) is 25.4. The third kappa shape index (κ3) is 7.18. The van der Waals surface area contributed by atoms with Gasteiger partial charge < -0.3 is 24.4 Å². The van der Waals surface area contributed by atoms with Gasteiger partial charge in [0.15, 0.2) is 0 Å². The van der Waals surface area contributed by atoms with Crippen LogP contribution in [0.1, 0.15) is 40.3 Å². The second-order valence-corrected chi connectivity index (χ2v) is 11.2. The van der Waals surface area contributed by atoms with Crippen molar-refractivity contribution in [1.82, 2.24) is 9.80 Å². The molecular weight excluding hydrogens is 552 g/mol. The number of rotatable bonds is 12. The van der Waals surface area contributed by atoms with Crippen molar-refractivity contribution >= 4 is 17.4 Å². The Labute approximate surface area is 259 Å². The summed E-state index contributed by atoms with van der Waals surface area (Å²) in [4.78, 5) is 30.3. The lowest BCUT2D eigenvalue weighted by Crippen LogP contribution is -2.32. The summed E-state index contributed by atoms with van der Waals surface area (Å²) in [6, 6.07) is 31.5. The minimum absolute atomic E-state index is 0.0754. The summed E-state index contributed by atoms with van der Waals surface area (Å²) in [5.74, 6) is -0.210. The van der Waals surface area contributed by atoms with Gasteiger partial charge in [-0.25, -0.2) is 0 Å². The van der Waals surface area contributed by atoms with E-state index in [0.717, 1.165) is 28.8 Å². The van der Waals surface area contributed by atoms with E-state index >= 15 is 0 Å². The van der Waals surface area contributed by atoms with E-state index in [9.17, 15) is 14.7 Å². The Kier molecular flexibility index (Phi) is 9.77. The summed E-state index contributed by atoms with van der Waals surface area (Å²) in [6.45, 7) is 4.01. The molecule has 1 amide bonds. The molecule has 4 aromatic rings. The van der Waals surface area contributed by atoms with Gasteiger partial charge in [0.2, 0.25) is 0 Å². The van der Waals surface area contributed by atoms with E-state index in [1.807, 2.05) is 105 Å². The van der Waals surface area contributed by atoms with E-state index in [0.29, 0.717) is 43.2 Å². The van der Waals surface area contributed by atoms with Crippen molar-refractivity contribution in [3.8, 4) is 11.5 Å². The normalized spacial score (nSPS) is 16.0. The van der Waals surface area contributed by atoms with E-state index in [1.165, 1.54) is 0 Å². The van der Waals surface area contributed by atoms with Crippen LogP contribution in [0.15, 0.2) is 109 Å². The molecule has 1 aliphatic heterocycles. The lowest BCUT2D eigenvalue weighted by atomic mass is 9.95. The van der Waals surface area contributed by atoms with E-state index in [-0.39, 0.29) is 11.3 Å². The number of ketones is 1. The maximum Gasteiger partial charge on any atom is 0.295 e. The number of nitrogens with zero attached hydrogens (tertiary/aromatic N) is 2. The fraction of sp³-hybridized carbons (Fsp3) is 0.243. The molecule has 0 radical (unpaired) electrons. The first kappa shape index (κ1) is 30.6. The van der Waals surface area contributed by atoms with Crippen LogP contribution in [-0.4, -0.2) is 53.8 Å². The molecule has 1 saturated heterocycles. The summed E-state index contributed by atoms with van der Waals surface area (Å²) >= 11 is 0. The number of benzene rings is 4. The minimum atomic E-state index is -0.725. The van der Waals surface area contributed by atoms with Gasteiger partial charge in [-0.1, -0.05) is 66.7 Å². The summed E-state index contributed by atoms with van der Waals surface area (Å²) in [5.41, 5.74) is 4.52. The van der Waals surface area contributed by atoms with Gasteiger partial charge in [-0.05, 0) is 92.6 Å². The second kappa shape index (κ2) is 14.1. The molecule has 1 aliphatic rings. The van der Waals surface area contributed by atoms with Crippen LogP contribution in [0.2, 0.25) is 0 Å². The Hall–Kier alpha value is -4.88. The molecule has 5 rings (SSSR count). The smallest absolute Gasteiger partial charge is 0.295 e. The predicted molar refractivity (Wildman–Crippen MR) is 171 cm³/mol. The maximum absolute atomic E-state index is 13.4. The number of likely N-dealkylation sites (tertiary alicyclic amines) is 1. The molecule has 4 aromatic carbocycles. The minimum Gasteiger partial charge on any atom is -0.507 e. The summed E-state index contributed by atoms with van der Waals surface area (Å²) in [7, 11) is 3.93. The number of hydrogen-bond donors (Lipinski definition) is 1. The number of carbonyl (C=O) groups excluding carboxylic acids is 2. The molecule has 7 nitrogen and oxygen atoms in total. The van der Waals surface area contributed by atoms with Crippen LogP contribution >= 0.6 is 0 Å². The van der Waals surface area contributed by atoms with Crippen LogP contribution in [0.4, 0.5) is 0 Å². The predicted octanol–water partition coefficient (Wildman–Crippen LogP) is 6.53. The third-order valence-electron chi connectivity index (χ3n) is 7.77. The van der Waals surface area contributed by atoms with Crippen molar-refractivity contribution < 1.29 is 24.2 Å². The SMILES string of the molecule is Cc1ccccc1COc1ccc(C(O)=C2C(=O)C(=O)N(CCCN(C)C)C2c2ccc(OCc3ccccc3)cc2)cc1. The Morgan fingerprint density at radius 1 is 0.795 bits per heavy atom. The number of aliphatic hydroxyl groups excluding tert-OH is 1. The highest BCUT2D eigenvalue weighted by Gasteiger charge is 2.45. The monoisotopic (exact) mass is 590 g/mol. The Morgan fingerprint density at radius 2 is 1.41 bits per heavy atom. The van der Waals surface area contributed by atoms with Crippen LogP contribution in [-0.2, 0) is 22.8 Å². The van der Waals surface area contributed by atoms with Crippen molar-refractivity contribution in [2.45, 2.75) is 32.6 Å². The summed E-state index contributed by atoms with van der Waals surface area (Å²) < 4.78 is 11.9. The van der Waals surface area contributed by atoms with Gasteiger partial charge in [-0.2, -0.15) is 0 Å². The number of Topliss-reactive ketones (excluding diaryl/α,β-unsaturated/α-hetero) is 1. The van der Waals surface area contributed by atoms with E-state index in [1.54, 1.807) is 29.2 Å². The van der Waals surface area contributed by atoms with E-state index < -0.39 is 17.7 Å². The molecule has 1 atom stereocenters. The molecule has 226 valence electrons. The Balaban J connectivity index is 1.40. The Bertz CT molecular complexity index is 1610. The summed E-state index contributed by atoms with van der Waals surface area (Å²) in [6.07, 6.45) is 0.682. The zero-order chi connectivity index (χ0) is 31.1. The van der Waals surface area contributed by atoms with E-state index in [2.05, 4.69) is 0 Å². The summed E-state index contributed by atoms with van der Waals surface area (Å²) in [5, 5.41) is 11.5. The zero-order valence-electron chi connectivity index (χ0n) is 25.4. The molecule has 1 N–H and O–H groups in total. The lowest BCUT2D eigenvalue weighted by Gasteiger charge is -2.26. The highest BCUT2D eigenvalue weighted by Crippen LogP contribution is 2.40. The molecule has 7 heteroatoms. The first-order valence-electron chi connectivity index (χ1n) is 14.8. The standard InChI is InChI=1S/C37H38N2O5/c1-26-10-7-8-13-30(26)25-44-32-20-16-29(17-21-32)35(40)33-34(39(37(42)36(33)41)23-9-22-38(2)3)28-14-18-31(19-15-28)43-24-27-11-5-4-6-12-27/h4-8,10-21,34,40H,9,22-25H2,1-3H3. The van der Waals surface area contributed by atoms with Crippen LogP contribution in [0.3, 0.4) is 0 Å². The molecule has 44 heavy (non-hydrogen) atoms. The van der Waals surface area contributed by atoms with Crippen molar-refractivity contribution in [3.63, 3.8) is 0 Å². The topological polar surface area (TPSA) is 79.3 Å². The van der Waals surface area contributed by atoms with Crippen molar-refractivity contribution in [3.05, 3.63) is 137 Å². The highest BCUT2D eigenvalue weighted by atomic mass is 16.5. The van der Waals surface area contributed by atoms with Gasteiger partial charge in [-0.3, -0.25) is 9.59 Å². The number of aryl methyl sites for hydroxylation is 1. The van der Waals surface area contributed by atoms with Gasteiger partial charge in [0.05, 0.1) is 11.6 Å². The molecular formula is C37H38N2O5. The van der Waals surface area contributed by atoms with Gasteiger partial charge in [0, 0.05) is 12.1 Å². The molecule has 0 bridgehead atoms. The average Bonchev–Trinajstić information content (AvgIpc) is 3.29.